The zero-order valence-corrected chi connectivity index (χ0v) is 14.1. The lowest BCUT2D eigenvalue weighted by atomic mass is 9.90. The first-order valence-corrected chi connectivity index (χ1v) is 8.01. The molecule has 6 nitrogen and oxygen atoms in total. The lowest BCUT2D eigenvalue weighted by Crippen LogP contribution is -2.44. The minimum atomic E-state index is -0.436. The average Bonchev–Trinajstić information content (AvgIpc) is 2.96. The van der Waals surface area contributed by atoms with E-state index in [0.717, 1.165) is 37.9 Å². The van der Waals surface area contributed by atoms with Crippen molar-refractivity contribution in [2.45, 2.75) is 70.7 Å². The zero-order chi connectivity index (χ0) is 16.2. The molecule has 0 radical (unpaired) electrons. The molecule has 1 heterocycles. The quantitative estimate of drug-likeness (QED) is 0.897. The van der Waals surface area contributed by atoms with E-state index in [0.29, 0.717) is 6.04 Å². The van der Waals surface area contributed by atoms with Gasteiger partial charge in [0.1, 0.15) is 5.60 Å². The number of carbonyl (C=O) groups excluding carboxylic acids is 1. The Morgan fingerprint density at radius 1 is 1.41 bits per heavy atom. The van der Waals surface area contributed by atoms with E-state index in [2.05, 4.69) is 15.3 Å². The summed E-state index contributed by atoms with van der Waals surface area (Å²) in [6.45, 7) is 6.51. The Bertz CT molecular complexity index is 459. The monoisotopic (exact) mass is 308 g/mol. The summed E-state index contributed by atoms with van der Waals surface area (Å²) in [5.41, 5.74) is 0.668. The summed E-state index contributed by atoms with van der Waals surface area (Å²) in [4.78, 5) is 21.0. The maximum absolute atomic E-state index is 12.1. The highest BCUT2D eigenvalue weighted by molar-refractivity contribution is 5.68. The van der Waals surface area contributed by atoms with Crippen molar-refractivity contribution in [3.05, 3.63) is 18.2 Å². The van der Waals surface area contributed by atoms with Gasteiger partial charge < -0.3 is 19.9 Å². The first-order valence-electron chi connectivity index (χ1n) is 8.01. The SMILES string of the molecule is CN(C(=O)OC(C)(C)C)C1CCC(NCc2cnc[nH]2)CC1. The van der Waals surface area contributed by atoms with Gasteiger partial charge in [-0.2, -0.15) is 0 Å². The minimum absolute atomic E-state index is 0.221. The number of hydrogen-bond acceptors (Lipinski definition) is 4. The van der Waals surface area contributed by atoms with Gasteiger partial charge in [0.05, 0.1) is 6.33 Å². The van der Waals surface area contributed by atoms with Crippen LogP contribution < -0.4 is 5.32 Å². The molecule has 0 atom stereocenters. The first kappa shape index (κ1) is 16.8. The summed E-state index contributed by atoms with van der Waals surface area (Å²) in [6.07, 6.45) is 7.49. The van der Waals surface area contributed by atoms with Gasteiger partial charge in [-0.05, 0) is 46.5 Å². The van der Waals surface area contributed by atoms with Gasteiger partial charge in [0.2, 0.25) is 0 Å². The van der Waals surface area contributed by atoms with Crippen LogP contribution in [-0.2, 0) is 11.3 Å². The summed E-state index contributed by atoms with van der Waals surface area (Å²) < 4.78 is 5.44. The van der Waals surface area contributed by atoms with E-state index in [1.54, 1.807) is 11.2 Å². The number of hydrogen-bond donors (Lipinski definition) is 2. The number of ether oxygens (including phenoxy) is 1. The van der Waals surface area contributed by atoms with Crippen molar-refractivity contribution in [1.29, 1.82) is 0 Å². The summed E-state index contributed by atoms with van der Waals surface area (Å²) in [5, 5.41) is 3.54. The Labute approximate surface area is 132 Å². The molecule has 0 saturated heterocycles. The van der Waals surface area contributed by atoms with Crippen LogP contribution in [0.25, 0.3) is 0 Å². The molecule has 22 heavy (non-hydrogen) atoms. The van der Waals surface area contributed by atoms with Gasteiger partial charge in [0, 0.05) is 37.6 Å². The molecule has 2 rings (SSSR count). The standard InChI is InChI=1S/C16H28N4O2/c1-16(2,3)22-15(21)20(4)14-7-5-12(6-8-14)18-10-13-9-17-11-19-13/h9,11-12,14,18H,5-8,10H2,1-4H3,(H,17,19). The van der Waals surface area contributed by atoms with E-state index in [1.807, 2.05) is 34.0 Å². The lowest BCUT2D eigenvalue weighted by Gasteiger charge is -2.35. The summed E-state index contributed by atoms with van der Waals surface area (Å²) >= 11 is 0. The molecule has 124 valence electrons. The molecule has 1 fully saturated rings. The molecule has 1 saturated carbocycles. The molecular formula is C16H28N4O2. The van der Waals surface area contributed by atoms with Gasteiger partial charge in [0.25, 0.3) is 0 Å². The van der Waals surface area contributed by atoms with Crippen LogP contribution >= 0.6 is 0 Å². The predicted octanol–water partition coefficient (Wildman–Crippen LogP) is 2.68. The van der Waals surface area contributed by atoms with Crippen molar-refractivity contribution in [2.24, 2.45) is 0 Å². The van der Waals surface area contributed by atoms with Gasteiger partial charge in [-0.15, -0.1) is 0 Å². The fourth-order valence-electron chi connectivity index (χ4n) is 2.79. The Balaban J connectivity index is 1.73. The number of nitrogens with zero attached hydrogens (tertiary/aromatic N) is 2. The number of nitrogens with one attached hydrogen (secondary N) is 2. The number of amides is 1. The van der Waals surface area contributed by atoms with Gasteiger partial charge in [-0.25, -0.2) is 9.78 Å². The van der Waals surface area contributed by atoms with Crippen molar-refractivity contribution in [3.8, 4) is 0 Å². The second kappa shape index (κ2) is 7.13. The largest absolute Gasteiger partial charge is 0.444 e. The summed E-state index contributed by atoms with van der Waals surface area (Å²) in [5.74, 6) is 0. The van der Waals surface area contributed by atoms with E-state index in [-0.39, 0.29) is 12.1 Å². The van der Waals surface area contributed by atoms with Crippen LogP contribution in [0.15, 0.2) is 12.5 Å². The molecule has 0 spiro atoms. The maximum atomic E-state index is 12.1. The Morgan fingerprint density at radius 2 is 2.09 bits per heavy atom. The maximum Gasteiger partial charge on any atom is 0.410 e. The highest BCUT2D eigenvalue weighted by Crippen LogP contribution is 2.24. The van der Waals surface area contributed by atoms with E-state index in [1.165, 1.54) is 0 Å². The molecule has 0 bridgehead atoms. The zero-order valence-electron chi connectivity index (χ0n) is 14.1. The molecule has 6 heteroatoms. The highest BCUT2D eigenvalue weighted by atomic mass is 16.6. The second-order valence-electron chi connectivity index (χ2n) is 7.05. The molecule has 1 aromatic rings. The fraction of sp³-hybridized carbons (Fsp3) is 0.750. The van der Waals surface area contributed by atoms with Gasteiger partial charge in [0.15, 0.2) is 0 Å². The number of aromatic amines is 1. The molecule has 2 N–H and O–H groups in total. The number of rotatable bonds is 4. The van der Waals surface area contributed by atoms with Crippen LogP contribution in [0.3, 0.4) is 0 Å². The smallest absolute Gasteiger partial charge is 0.410 e. The fourth-order valence-corrected chi connectivity index (χ4v) is 2.79. The Morgan fingerprint density at radius 3 is 2.64 bits per heavy atom. The molecular weight excluding hydrogens is 280 g/mol. The van der Waals surface area contributed by atoms with Crippen LogP contribution in [0.4, 0.5) is 4.79 Å². The van der Waals surface area contributed by atoms with E-state index in [9.17, 15) is 4.79 Å². The van der Waals surface area contributed by atoms with Crippen LogP contribution in [0.2, 0.25) is 0 Å². The third kappa shape index (κ3) is 5.02. The first-order chi connectivity index (χ1) is 10.3. The Hall–Kier alpha value is -1.56. The van der Waals surface area contributed by atoms with Crippen LogP contribution in [0, 0.1) is 0 Å². The number of carbonyl (C=O) groups is 1. The number of imidazole rings is 1. The lowest BCUT2D eigenvalue weighted by molar-refractivity contribution is 0.0179. The third-order valence-electron chi connectivity index (χ3n) is 4.06. The van der Waals surface area contributed by atoms with Crippen LogP contribution in [0.5, 0.6) is 0 Å². The minimum Gasteiger partial charge on any atom is -0.444 e. The molecule has 1 amide bonds. The molecule has 1 aliphatic rings. The predicted molar refractivity (Wildman–Crippen MR) is 85.5 cm³/mol. The summed E-state index contributed by atoms with van der Waals surface area (Å²) in [6, 6.07) is 0.784. The van der Waals surface area contributed by atoms with E-state index in [4.69, 9.17) is 4.74 Å². The third-order valence-corrected chi connectivity index (χ3v) is 4.06. The van der Waals surface area contributed by atoms with Crippen molar-refractivity contribution >= 4 is 6.09 Å². The van der Waals surface area contributed by atoms with Crippen molar-refractivity contribution < 1.29 is 9.53 Å². The molecule has 0 aliphatic heterocycles. The van der Waals surface area contributed by atoms with Crippen LogP contribution in [-0.4, -0.2) is 45.7 Å². The van der Waals surface area contributed by atoms with Gasteiger partial charge >= 0.3 is 6.09 Å². The molecule has 0 aromatic carbocycles. The molecule has 0 unspecified atom stereocenters. The molecule has 1 aromatic heterocycles. The molecule has 1 aliphatic carbocycles. The number of aromatic nitrogens is 2. The highest BCUT2D eigenvalue weighted by Gasteiger charge is 2.29. The van der Waals surface area contributed by atoms with Gasteiger partial charge in [-0.3, -0.25) is 0 Å². The van der Waals surface area contributed by atoms with E-state index < -0.39 is 5.60 Å². The Kier molecular flexibility index (Phi) is 5.45. The van der Waals surface area contributed by atoms with Gasteiger partial charge in [-0.1, -0.05) is 0 Å². The average molecular weight is 308 g/mol. The van der Waals surface area contributed by atoms with Crippen molar-refractivity contribution in [1.82, 2.24) is 20.2 Å². The topological polar surface area (TPSA) is 70.2 Å². The van der Waals surface area contributed by atoms with Crippen molar-refractivity contribution in [3.63, 3.8) is 0 Å². The van der Waals surface area contributed by atoms with Crippen LogP contribution in [0.1, 0.15) is 52.1 Å². The number of H-pyrrole nitrogens is 1. The van der Waals surface area contributed by atoms with Crippen molar-refractivity contribution in [2.75, 3.05) is 7.05 Å². The van der Waals surface area contributed by atoms with E-state index >= 15 is 0 Å². The second-order valence-corrected chi connectivity index (χ2v) is 7.05. The summed E-state index contributed by atoms with van der Waals surface area (Å²) in [7, 11) is 1.84. The normalized spacial score (nSPS) is 22.4.